The molecule has 3 rings (SSSR count). The van der Waals surface area contributed by atoms with Crippen LogP contribution in [-0.2, 0) is 11.2 Å². The van der Waals surface area contributed by atoms with Crippen LogP contribution in [0.3, 0.4) is 0 Å². The highest BCUT2D eigenvalue weighted by Gasteiger charge is 2.24. The van der Waals surface area contributed by atoms with E-state index >= 15 is 0 Å². The van der Waals surface area contributed by atoms with E-state index in [4.69, 9.17) is 12.2 Å². The maximum Gasteiger partial charge on any atom is 0.257 e. The van der Waals surface area contributed by atoms with Crippen molar-refractivity contribution in [3.05, 3.63) is 59.7 Å². The molecular formula is C24H30N4O2S. The van der Waals surface area contributed by atoms with Crippen LogP contribution in [0.4, 0.5) is 11.4 Å². The Kier molecular flexibility index (Phi) is 7.63. The van der Waals surface area contributed by atoms with E-state index in [0.717, 1.165) is 30.9 Å². The van der Waals surface area contributed by atoms with Crippen molar-refractivity contribution in [3.63, 3.8) is 0 Å². The van der Waals surface area contributed by atoms with Crippen molar-refractivity contribution in [3.8, 4) is 0 Å². The number of hydrogen-bond donors (Lipinski definition) is 2. The van der Waals surface area contributed by atoms with Crippen LogP contribution in [-0.4, -0.2) is 48.0 Å². The summed E-state index contributed by atoms with van der Waals surface area (Å²) in [5.74, 6) is -0.0278. The third-order valence-corrected chi connectivity index (χ3v) is 5.63. The van der Waals surface area contributed by atoms with Crippen LogP contribution in [0.1, 0.15) is 36.7 Å². The van der Waals surface area contributed by atoms with Crippen LogP contribution in [0.2, 0.25) is 0 Å². The number of anilines is 2. The number of benzene rings is 2. The average Bonchev–Trinajstić information content (AvgIpc) is 2.79. The second-order valence-corrected chi connectivity index (χ2v) is 8.35. The summed E-state index contributed by atoms with van der Waals surface area (Å²) < 4.78 is 0. The predicted octanol–water partition coefficient (Wildman–Crippen LogP) is 3.68. The lowest BCUT2D eigenvalue weighted by atomic mass is 10.1. The molecule has 31 heavy (non-hydrogen) atoms. The molecule has 2 amide bonds. The Morgan fingerprint density at radius 1 is 1.00 bits per heavy atom. The Bertz CT molecular complexity index is 935. The van der Waals surface area contributed by atoms with E-state index in [0.29, 0.717) is 18.7 Å². The van der Waals surface area contributed by atoms with Crippen molar-refractivity contribution in [2.24, 2.45) is 5.92 Å². The molecule has 1 aliphatic heterocycles. The Hall–Kier alpha value is -2.93. The second-order valence-electron chi connectivity index (χ2n) is 7.94. The van der Waals surface area contributed by atoms with Crippen LogP contribution in [0.5, 0.6) is 0 Å². The monoisotopic (exact) mass is 438 g/mol. The lowest BCUT2D eigenvalue weighted by molar-refractivity contribution is -0.134. The van der Waals surface area contributed by atoms with Gasteiger partial charge in [-0.15, -0.1) is 0 Å². The number of nitrogens with one attached hydrogen (secondary N) is 2. The molecule has 1 heterocycles. The van der Waals surface area contributed by atoms with Gasteiger partial charge in [0, 0.05) is 37.7 Å². The SMILES string of the molecule is CCc1ccc(C(=O)NC(=S)Nc2ccccc2N2CCN(C(=O)C(C)C)CC2)cc1. The standard InChI is InChI=1S/C24H30N4O2S/c1-4-18-9-11-19(12-10-18)22(29)26-24(31)25-20-7-5-6-8-21(20)27-13-15-28(16-14-27)23(30)17(2)3/h5-12,17H,4,13-16H2,1-3H3,(H2,25,26,29,31). The third-order valence-electron chi connectivity index (χ3n) is 5.43. The van der Waals surface area contributed by atoms with Gasteiger partial charge >= 0.3 is 0 Å². The first-order chi connectivity index (χ1) is 14.9. The smallest absolute Gasteiger partial charge is 0.257 e. The van der Waals surface area contributed by atoms with Crippen molar-refractivity contribution in [1.29, 1.82) is 0 Å². The summed E-state index contributed by atoms with van der Waals surface area (Å²) >= 11 is 5.39. The zero-order chi connectivity index (χ0) is 22.4. The quantitative estimate of drug-likeness (QED) is 0.698. The number of piperazine rings is 1. The summed E-state index contributed by atoms with van der Waals surface area (Å²) in [6.45, 7) is 8.83. The van der Waals surface area contributed by atoms with E-state index in [1.54, 1.807) is 0 Å². The molecule has 0 radical (unpaired) electrons. The van der Waals surface area contributed by atoms with Crippen molar-refractivity contribution in [1.82, 2.24) is 10.2 Å². The Labute approximate surface area is 189 Å². The molecule has 2 aromatic carbocycles. The fourth-order valence-electron chi connectivity index (χ4n) is 3.61. The van der Waals surface area contributed by atoms with Gasteiger partial charge in [-0.1, -0.05) is 45.0 Å². The molecule has 2 N–H and O–H groups in total. The normalized spacial score (nSPS) is 13.8. The van der Waals surface area contributed by atoms with Gasteiger partial charge < -0.3 is 15.1 Å². The van der Waals surface area contributed by atoms with Crippen LogP contribution in [0, 0.1) is 5.92 Å². The van der Waals surface area contributed by atoms with Gasteiger partial charge in [-0.05, 0) is 48.5 Å². The summed E-state index contributed by atoms with van der Waals surface area (Å²) in [5.41, 5.74) is 3.59. The second kappa shape index (κ2) is 10.4. The van der Waals surface area contributed by atoms with E-state index in [9.17, 15) is 9.59 Å². The highest BCUT2D eigenvalue weighted by molar-refractivity contribution is 7.80. The molecule has 7 heteroatoms. The summed E-state index contributed by atoms with van der Waals surface area (Å²) in [7, 11) is 0. The lowest BCUT2D eigenvalue weighted by Crippen LogP contribution is -2.50. The molecule has 6 nitrogen and oxygen atoms in total. The minimum atomic E-state index is -0.238. The Morgan fingerprint density at radius 3 is 2.26 bits per heavy atom. The zero-order valence-corrected chi connectivity index (χ0v) is 19.2. The van der Waals surface area contributed by atoms with Gasteiger partial charge in [-0.3, -0.25) is 14.9 Å². The first-order valence-corrected chi connectivity index (χ1v) is 11.1. The number of carbonyl (C=O) groups excluding carboxylic acids is 2. The summed E-state index contributed by atoms with van der Waals surface area (Å²) in [6, 6.07) is 15.4. The maximum atomic E-state index is 12.5. The Balaban J connectivity index is 1.62. The third kappa shape index (κ3) is 5.82. The zero-order valence-electron chi connectivity index (χ0n) is 18.4. The summed E-state index contributed by atoms with van der Waals surface area (Å²) in [5, 5.41) is 6.17. The Morgan fingerprint density at radius 2 is 1.65 bits per heavy atom. The van der Waals surface area contributed by atoms with Gasteiger partial charge in [-0.25, -0.2) is 0 Å². The molecular weight excluding hydrogens is 408 g/mol. The first kappa shape index (κ1) is 22.7. The number of thiocarbonyl (C=S) groups is 1. The largest absolute Gasteiger partial charge is 0.366 e. The molecule has 0 bridgehead atoms. The number of hydrogen-bond acceptors (Lipinski definition) is 4. The van der Waals surface area contributed by atoms with Gasteiger partial charge in [0.1, 0.15) is 0 Å². The van der Waals surface area contributed by atoms with E-state index in [1.807, 2.05) is 67.3 Å². The van der Waals surface area contributed by atoms with Gasteiger partial charge in [0.2, 0.25) is 5.91 Å². The molecule has 0 aromatic heterocycles. The summed E-state index contributed by atoms with van der Waals surface area (Å²) in [6.07, 6.45) is 0.929. The number of amides is 2. The minimum Gasteiger partial charge on any atom is -0.366 e. The molecule has 1 saturated heterocycles. The lowest BCUT2D eigenvalue weighted by Gasteiger charge is -2.37. The topological polar surface area (TPSA) is 64.7 Å². The van der Waals surface area contributed by atoms with Gasteiger partial charge in [0.15, 0.2) is 5.11 Å². The van der Waals surface area contributed by atoms with E-state index in [2.05, 4.69) is 22.5 Å². The number of carbonyl (C=O) groups is 2. The van der Waals surface area contributed by atoms with E-state index < -0.39 is 0 Å². The highest BCUT2D eigenvalue weighted by Crippen LogP contribution is 2.27. The predicted molar refractivity (Wildman–Crippen MR) is 130 cm³/mol. The van der Waals surface area contributed by atoms with Crippen LogP contribution in [0.25, 0.3) is 0 Å². The van der Waals surface area contributed by atoms with Crippen molar-refractivity contribution >= 4 is 40.5 Å². The first-order valence-electron chi connectivity index (χ1n) is 10.7. The molecule has 0 unspecified atom stereocenters. The van der Waals surface area contributed by atoms with Crippen LogP contribution < -0.4 is 15.5 Å². The molecule has 2 aromatic rings. The van der Waals surface area contributed by atoms with E-state index in [1.165, 1.54) is 5.56 Å². The molecule has 0 aliphatic carbocycles. The van der Waals surface area contributed by atoms with Gasteiger partial charge in [0.25, 0.3) is 5.91 Å². The fraction of sp³-hybridized carbons (Fsp3) is 0.375. The molecule has 1 fully saturated rings. The van der Waals surface area contributed by atoms with Gasteiger partial charge in [0.05, 0.1) is 11.4 Å². The summed E-state index contributed by atoms with van der Waals surface area (Å²) in [4.78, 5) is 28.9. The van der Waals surface area contributed by atoms with Crippen LogP contribution >= 0.6 is 12.2 Å². The highest BCUT2D eigenvalue weighted by atomic mass is 32.1. The number of nitrogens with zero attached hydrogens (tertiary/aromatic N) is 2. The van der Waals surface area contributed by atoms with Gasteiger partial charge in [-0.2, -0.15) is 0 Å². The van der Waals surface area contributed by atoms with Crippen LogP contribution in [0.15, 0.2) is 48.5 Å². The number of para-hydroxylation sites is 2. The fourth-order valence-corrected chi connectivity index (χ4v) is 3.81. The van der Waals surface area contributed by atoms with Crippen molar-refractivity contribution in [2.45, 2.75) is 27.2 Å². The average molecular weight is 439 g/mol. The number of aryl methyl sites for hydroxylation is 1. The van der Waals surface area contributed by atoms with Crippen molar-refractivity contribution in [2.75, 3.05) is 36.4 Å². The van der Waals surface area contributed by atoms with Crippen molar-refractivity contribution < 1.29 is 9.59 Å². The molecule has 164 valence electrons. The number of rotatable bonds is 5. The maximum absolute atomic E-state index is 12.5. The molecule has 0 atom stereocenters. The van der Waals surface area contributed by atoms with E-state index in [-0.39, 0.29) is 22.8 Å². The molecule has 0 spiro atoms. The molecule has 0 saturated carbocycles. The molecule has 1 aliphatic rings. The minimum absolute atomic E-state index is 0.0136.